The van der Waals surface area contributed by atoms with Crippen molar-refractivity contribution in [3.63, 3.8) is 0 Å². The maximum Gasteiger partial charge on any atom is 0.338 e. The van der Waals surface area contributed by atoms with Crippen molar-refractivity contribution < 1.29 is 23.5 Å². The van der Waals surface area contributed by atoms with Gasteiger partial charge in [-0.1, -0.05) is 12.1 Å². The minimum atomic E-state index is -0.619. The van der Waals surface area contributed by atoms with Gasteiger partial charge in [0.2, 0.25) is 0 Å². The molecule has 1 N–H and O–H groups in total. The quantitative estimate of drug-likeness (QED) is 0.545. The highest BCUT2D eigenvalue weighted by molar-refractivity contribution is 6.02. The molecule has 0 aliphatic rings. The molecule has 3 rings (SSSR count). The van der Waals surface area contributed by atoms with Crippen molar-refractivity contribution in [2.24, 2.45) is 0 Å². The monoisotopic (exact) mass is 435 g/mol. The van der Waals surface area contributed by atoms with E-state index in [-0.39, 0.29) is 23.8 Å². The normalized spacial score (nSPS) is 10.3. The smallest absolute Gasteiger partial charge is 0.338 e. The lowest BCUT2D eigenvalue weighted by Crippen LogP contribution is -2.30. The molecule has 0 unspecified atom stereocenters. The molecule has 0 aliphatic heterocycles. The Morgan fingerprint density at radius 1 is 0.938 bits per heavy atom. The van der Waals surface area contributed by atoms with Crippen LogP contribution < -0.4 is 10.2 Å². The molecule has 2 amide bonds. The van der Waals surface area contributed by atoms with E-state index in [0.29, 0.717) is 12.2 Å². The van der Waals surface area contributed by atoms with Crippen molar-refractivity contribution in [3.8, 4) is 0 Å². The van der Waals surface area contributed by atoms with E-state index in [4.69, 9.17) is 9.15 Å². The maximum absolute atomic E-state index is 12.3. The predicted molar refractivity (Wildman–Crippen MR) is 121 cm³/mol. The first-order valence-corrected chi connectivity index (χ1v) is 9.96. The Labute approximate surface area is 186 Å². The van der Waals surface area contributed by atoms with Crippen LogP contribution in [0.4, 0.5) is 11.4 Å². The van der Waals surface area contributed by atoms with Crippen LogP contribution in [0, 0.1) is 0 Å². The van der Waals surface area contributed by atoms with Gasteiger partial charge in [-0.3, -0.25) is 9.59 Å². The van der Waals surface area contributed by atoms with Gasteiger partial charge in [-0.25, -0.2) is 4.79 Å². The van der Waals surface area contributed by atoms with Crippen LogP contribution in [0.25, 0.3) is 0 Å². The first-order valence-electron chi connectivity index (χ1n) is 9.96. The summed E-state index contributed by atoms with van der Waals surface area (Å²) in [7, 11) is 5.58. The lowest BCUT2D eigenvalue weighted by Gasteiger charge is -2.18. The fraction of sp³-hybridized carbons (Fsp3) is 0.208. The summed E-state index contributed by atoms with van der Waals surface area (Å²) < 4.78 is 10.2. The summed E-state index contributed by atoms with van der Waals surface area (Å²) in [5.41, 5.74) is 2.82. The highest BCUT2D eigenvalue weighted by Crippen LogP contribution is 2.14. The minimum Gasteiger partial charge on any atom is -0.459 e. The molecular formula is C24H25N3O5. The maximum atomic E-state index is 12.3. The fourth-order valence-electron chi connectivity index (χ4n) is 2.87. The molecule has 1 aromatic heterocycles. The molecule has 0 spiro atoms. The second-order valence-electron chi connectivity index (χ2n) is 7.40. The molecular weight excluding hydrogens is 410 g/mol. The lowest BCUT2D eigenvalue weighted by molar-refractivity contribution is -0.133. The van der Waals surface area contributed by atoms with Gasteiger partial charge in [0.25, 0.3) is 11.8 Å². The molecule has 0 aliphatic carbocycles. The summed E-state index contributed by atoms with van der Waals surface area (Å²) in [6, 6.07) is 17.2. The number of rotatable bonds is 8. The molecule has 3 aromatic rings. The van der Waals surface area contributed by atoms with Gasteiger partial charge in [0, 0.05) is 39.1 Å². The number of benzene rings is 2. The third-order valence-electron chi connectivity index (χ3n) is 4.75. The van der Waals surface area contributed by atoms with E-state index >= 15 is 0 Å². The van der Waals surface area contributed by atoms with Crippen LogP contribution in [0.15, 0.2) is 71.3 Å². The highest BCUT2D eigenvalue weighted by atomic mass is 16.5. The number of carbonyl (C=O) groups excluding carboxylic acids is 3. The predicted octanol–water partition coefficient (Wildman–Crippen LogP) is 3.41. The van der Waals surface area contributed by atoms with E-state index in [9.17, 15) is 14.4 Å². The van der Waals surface area contributed by atoms with Crippen LogP contribution in [0.2, 0.25) is 0 Å². The van der Waals surface area contributed by atoms with Gasteiger partial charge in [-0.2, -0.15) is 0 Å². The molecule has 1 heterocycles. The lowest BCUT2D eigenvalue weighted by atomic mass is 10.2. The summed E-state index contributed by atoms with van der Waals surface area (Å²) in [5, 5.41) is 2.66. The minimum absolute atomic E-state index is 0.185. The first-order chi connectivity index (χ1) is 15.3. The summed E-state index contributed by atoms with van der Waals surface area (Å²) in [5.74, 6) is -1.14. The van der Waals surface area contributed by atoms with Crippen molar-refractivity contribution in [1.29, 1.82) is 0 Å². The number of ether oxygens (including phenoxy) is 1. The van der Waals surface area contributed by atoms with Gasteiger partial charge in [0.15, 0.2) is 12.4 Å². The van der Waals surface area contributed by atoms with Crippen molar-refractivity contribution in [3.05, 3.63) is 83.8 Å². The second kappa shape index (κ2) is 10.3. The molecule has 0 atom stereocenters. The molecule has 8 nitrogen and oxygen atoms in total. The van der Waals surface area contributed by atoms with Gasteiger partial charge in [-0.05, 0) is 54.1 Å². The zero-order valence-electron chi connectivity index (χ0n) is 18.2. The summed E-state index contributed by atoms with van der Waals surface area (Å²) in [6.45, 7) is 0.0518. The second-order valence-corrected chi connectivity index (χ2v) is 7.40. The van der Waals surface area contributed by atoms with Crippen molar-refractivity contribution in [1.82, 2.24) is 4.90 Å². The molecule has 8 heteroatoms. The third kappa shape index (κ3) is 5.98. The molecule has 2 aromatic carbocycles. The third-order valence-corrected chi connectivity index (χ3v) is 4.75. The average molecular weight is 435 g/mol. The Kier molecular flexibility index (Phi) is 7.28. The van der Waals surface area contributed by atoms with E-state index in [1.165, 1.54) is 23.3 Å². The number of anilines is 2. The van der Waals surface area contributed by atoms with Crippen molar-refractivity contribution in [2.45, 2.75) is 6.54 Å². The molecule has 166 valence electrons. The summed E-state index contributed by atoms with van der Waals surface area (Å²) in [6.07, 6.45) is 1.41. The number of carbonyl (C=O) groups is 3. The van der Waals surface area contributed by atoms with Gasteiger partial charge in [0.1, 0.15) is 0 Å². The molecule has 0 radical (unpaired) electrons. The van der Waals surface area contributed by atoms with Crippen LogP contribution in [0.1, 0.15) is 26.5 Å². The van der Waals surface area contributed by atoms with Crippen molar-refractivity contribution in [2.75, 3.05) is 38.0 Å². The molecule has 0 saturated heterocycles. The SMILES string of the molecule is CN(Cc1ccc(N(C)C)cc1)C(=O)COC(=O)c1ccc(NC(=O)c2ccco2)cc1. The Bertz CT molecular complexity index is 1060. The Balaban J connectivity index is 1.47. The summed E-state index contributed by atoms with van der Waals surface area (Å²) in [4.78, 5) is 40.1. The molecule has 0 fully saturated rings. The number of hydrogen-bond donors (Lipinski definition) is 1. The van der Waals surface area contributed by atoms with Crippen LogP contribution in [-0.4, -0.2) is 50.4 Å². The Morgan fingerprint density at radius 2 is 1.62 bits per heavy atom. The number of furan rings is 1. The number of nitrogens with one attached hydrogen (secondary N) is 1. The van der Waals surface area contributed by atoms with Crippen LogP contribution >= 0.6 is 0 Å². The van der Waals surface area contributed by atoms with Gasteiger partial charge < -0.3 is 24.3 Å². The van der Waals surface area contributed by atoms with E-state index in [2.05, 4.69) is 5.32 Å². The molecule has 0 saturated carbocycles. The average Bonchev–Trinajstić information content (AvgIpc) is 3.33. The van der Waals surface area contributed by atoms with Gasteiger partial charge >= 0.3 is 5.97 Å². The number of esters is 1. The van der Waals surface area contributed by atoms with Gasteiger partial charge in [-0.15, -0.1) is 0 Å². The standard InChI is InChI=1S/C24H25N3O5/c1-26(2)20-12-6-17(7-13-20)15-27(3)22(28)16-32-24(30)18-8-10-19(11-9-18)25-23(29)21-5-4-14-31-21/h4-14H,15-16H2,1-3H3,(H,25,29). The zero-order valence-corrected chi connectivity index (χ0v) is 18.2. The zero-order chi connectivity index (χ0) is 23.1. The molecule has 32 heavy (non-hydrogen) atoms. The highest BCUT2D eigenvalue weighted by Gasteiger charge is 2.15. The molecule has 0 bridgehead atoms. The number of amides is 2. The van der Waals surface area contributed by atoms with E-state index in [1.54, 1.807) is 31.3 Å². The first kappa shape index (κ1) is 22.6. The van der Waals surface area contributed by atoms with E-state index in [0.717, 1.165) is 11.3 Å². The topological polar surface area (TPSA) is 92.1 Å². The largest absolute Gasteiger partial charge is 0.459 e. The number of hydrogen-bond acceptors (Lipinski definition) is 6. The fourth-order valence-corrected chi connectivity index (χ4v) is 2.87. The Morgan fingerprint density at radius 3 is 2.22 bits per heavy atom. The van der Waals surface area contributed by atoms with Crippen LogP contribution in [-0.2, 0) is 16.1 Å². The van der Waals surface area contributed by atoms with E-state index in [1.807, 2.05) is 43.3 Å². The number of nitrogens with zero attached hydrogens (tertiary/aromatic N) is 2. The van der Waals surface area contributed by atoms with Crippen LogP contribution in [0.3, 0.4) is 0 Å². The number of likely N-dealkylation sites (N-methyl/N-ethyl adjacent to an activating group) is 1. The van der Waals surface area contributed by atoms with Crippen molar-refractivity contribution >= 4 is 29.2 Å². The Hall–Kier alpha value is -4.07. The van der Waals surface area contributed by atoms with Gasteiger partial charge in [0.05, 0.1) is 11.8 Å². The summed E-state index contributed by atoms with van der Waals surface area (Å²) >= 11 is 0. The van der Waals surface area contributed by atoms with E-state index < -0.39 is 11.9 Å². The van der Waals surface area contributed by atoms with Crippen LogP contribution in [0.5, 0.6) is 0 Å².